The Labute approximate surface area is 124 Å². The third kappa shape index (κ3) is 7.06. The van der Waals surface area contributed by atoms with E-state index >= 15 is 0 Å². The zero-order chi connectivity index (χ0) is 15.0. The van der Waals surface area contributed by atoms with Gasteiger partial charge in [0.05, 0.1) is 0 Å². The normalized spacial score (nSPS) is 13.4. The molecule has 1 N–H and O–H groups in total. The third-order valence-corrected chi connectivity index (χ3v) is 3.58. The highest BCUT2D eigenvalue weighted by atomic mass is 16.5. The summed E-state index contributed by atoms with van der Waals surface area (Å²) in [6.07, 6.45) is 3.59. The Kier molecular flexibility index (Phi) is 7.25. The first-order valence-electron chi connectivity index (χ1n) is 7.73. The smallest absolute Gasteiger partial charge is 0.0462 e. The minimum atomic E-state index is 0.176. The van der Waals surface area contributed by atoms with Crippen LogP contribution in [0.25, 0.3) is 0 Å². The van der Waals surface area contributed by atoms with Crippen molar-refractivity contribution in [2.45, 2.75) is 58.4 Å². The van der Waals surface area contributed by atoms with Crippen molar-refractivity contribution < 1.29 is 4.74 Å². The van der Waals surface area contributed by atoms with Crippen molar-refractivity contribution >= 4 is 0 Å². The van der Waals surface area contributed by atoms with Crippen molar-refractivity contribution in [1.29, 1.82) is 0 Å². The highest BCUT2D eigenvalue weighted by Crippen LogP contribution is 2.23. The number of aryl methyl sites for hydroxylation is 1. The Morgan fingerprint density at radius 1 is 1.10 bits per heavy atom. The van der Waals surface area contributed by atoms with E-state index in [0.29, 0.717) is 5.92 Å². The molecule has 0 saturated carbocycles. The topological polar surface area (TPSA) is 21.3 Å². The molecule has 0 aliphatic carbocycles. The Morgan fingerprint density at radius 3 is 2.30 bits per heavy atom. The van der Waals surface area contributed by atoms with Crippen LogP contribution in [0.5, 0.6) is 0 Å². The van der Waals surface area contributed by atoms with Gasteiger partial charge in [0.25, 0.3) is 0 Å². The number of methoxy groups -OCH3 is 1. The van der Waals surface area contributed by atoms with Gasteiger partial charge in [-0.05, 0) is 52.0 Å². The second-order valence-electron chi connectivity index (χ2n) is 6.73. The standard InChI is InChI=1S/C18H31NO/c1-15-9-11-16(12-10-15)17(8-6-7-13-20-5)14-19-18(2,3)4/h9-12,17,19H,6-8,13-14H2,1-5H3. The summed E-state index contributed by atoms with van der Waals surface area (Å²) in [7, 11) is 1.78. The third-order valence-electron chi connectivity index (χ3n) is 3.58. The van der Waals surface area contributed by atoms with Gasteiger partial charge in [0.2, 0.25) is 0 Å². The van der Waals surface area contributed by atoms with Crippen LogP contribution in [0.2, 0.25) is 0 Å². The number of ether oxygens (including phenoxy) is 1. The van der Waals surface area contributed by atoms with Crippen LogP contribution >= 0.6 is 0 Å². The summed E-state index contributed by atoms with van der Waals surface area (Å²) >= 11 is 0. The van der Waals surface area contributed by atoms with Crippen LogP contribution in [-0.2, 0) is 4.74 Å². The summed E-state index contributed by atoms with van der Waals surface area (Å²) in [5, 5.41) is 3.64. The lowest BCUT2D eigenvalue weighted by Crippen LogP contribution is -2.38. The molecule has 2 nitrogen and oxygen atoms in total. The van der Waals surface area contributed by atoms with Crippen LogP contribution in [0.3, 0.4) is 0 Å². The summed E-state index contributed by atoms with van der Waals surface area (Å²) in [5.41, 5.74) is 2.95. The van der Waals surface area contributed by atoms with E-state index in [4.69, 9.17) is 4.74 Å². The molecule has 2 heteroatoms. The molecule has 0 aliphatic rings. The molecule has 1 aromatic carbocycles. The second-order valence-corrected chi connectivity index (χ2v) is 6.73. The van der Waals surface area contributed by atoms with Crippen LogP contribution in [0.1, 0.15) is 57.1 Å². The fraction of sp³-hybridized carbons (Fsp3) is 0.667. The molecule has 114 valence electrons. The summed E-state index contributed by atoms with van der Waals surface area (Å²) in [6, 6.07) is 8.99. The van der Waals surface area contributed by atoms with Gasteiger partial charge in [-0.15, -0.1) is 0 Å². The molecule has 20 heavy (non-hydrogen) atoms. The fourth-order valence-electron chi connectivity index (χ4n) is 2.29. The molecule has 1 aromatic rings. The maximum Gasteiger partial charge on any atom is 0.0462 e. The molecular formula is C18H31NO. The summed E-state index contributed by atoms with van der Waals surface area (Å²) < 4.78 is 5.14. The van der Waals surface area contributed by atoms with Gasteiger partial charge in [0, 0.05) is 25.8 Å². The van der Waals surface area contributed by atoms with E-state index < -0.39 is 0 Å². The Hall–Kier alpha value is -0.860. The van der Waals surface area contributed by atoms with E-state index in [1.807, 2.05) is 0 Å². The quantitative estimate of drug-likeness (QED) is 0.716. The molecular weight excluding hydrogens is 246 g/mol. The Morgan fingerprint density at radius 2 is 1.75 bits per heavy atom. The SMILES string of the molecule is COCCCCC(CNC(C)(C)C)c1ccc(C)cc1. The van der Waals surface area contributed by atoms with Crippen molar-refractivity contribution in [1.82, 2.24) is 5.32 Å². The number of nitrogens with one attached hydrogen (secondary N) is 1. The monoisotopic (exact) mass is 277 g/mol. The molecule has 0 amide bonds. The van der Waals surface area contributed by atoms with Crippen LogP contribution in [-0.4, -0.2) is 25.8 Å². The van der Waals surface area contributed by atoms with E-state index in [1.165, 1.54) is 24.0 Å². The van der Waals surface area contributed by atoms with Gasteiger partial charge >= 0.3 is 0 Å². The van der Waals surface area contributed by atoms with Crippen molar-refractivity contribution in [2.24, 2.45) is 0 Å². The number of benzene rings is 1. The number of hydrogen-bond donors (Lipinski definition) is 1. The van der Waals surface area contributed by atoms with E-state index in [0.717, 1.165) is 19.6 Å². The van der Waals surface area contributed by atoms with Gasteiger partial charge in [0.15, 0.2) is 0 Å². The molecule has 0 spiro atoms. The first-order chi connectivity index (χ1) is 9.42. The van der Waals surface area contributed by atoms with Gasteiger partial charge in [-0.2, -0.15) is 0 Å². The number of rotatable bonds is 8. The molecule has 1 unspecified atom stereocenters. The minimum Gasteiger partial charge on any atom is -0.385 e. The first-order valence-corrected chi connectivity index (χ1v) is 7.73. The van der Waals surface area contributed by atoms with E-state index in [2.05, 4.69) is 57.3 Å². The molecule has 1 rings (SSSR count). The van der Waals surface area contributed by atoms with Crippen molar-refractivity contribution in [3.05, 3.63) is 35.4 Å². The van der Waals surface area contributed by atoms with Crippen LogP contribution in [0, 0.1) is 6.92 Å². The highest BCUT2D eigenvalue weighted by molar-refractivity contribution is 5.24. The lowest BCUT2D eigenvalue weighted by atomic mass is 9.92. The highest BCUT2D eigenvalue weighted by Gasteiger charge is 2.15. The molecule has 0 aromatic heterocycles. The number of hydrogen-bond acceptors (Lipinski definition) is 2. The zero-order valence-electron chi connectivity index (χ0n) is 13.8. The Balaban J connectivity index is 2.60. The summed E-state index contributed by atoms with van der Waals surface area (Å²) in [4.78, 5) is 0. The van der Waals surface area contributed by atoms with Crippen LogP contribution in [0.4, 0.5) is 0 Å². The van der Waals surface area contributed by atoms with E-state index in [-0.39, 0.29) is 5.54 Å². The molecule has 0 bridgehead atoms. The average Bonchev–Trinajstić information content (AvgIpc) is 2.38. The second kappa shape index (κ2) is 8.43. The minimum absolute atomic E-state index is 0.176. The molecule has 0 saturated heterocycles. The van der Waals surface area contributed by atoms with Crippen LogP contribution < -0.4 is 5.32 Å². The molecule has 0 radical (unpaired) electrons. The van der Waals surface area contributed by atoms with Gasteiger partial charge < -0.3 is 10.1 Å². The summed E-state index contributed by atoms with van der Waals surface area (Å²) in [6.45, 7) is 10.7. The van der Waals surface area contributed by atoms with Gasteiger partial charge in [-0.25, -0.2) is 0 Å². The number of unbranched alkanes of at least 4 members (excludes halogenated alkanes) is 1. The van der Waals surface area contributed by atoms with Gasteiger partial charge in [0.1, 0.15) is 0 Å². The molecule has 0 fully saturated rings. The van der Waals surface area contributed by atoms with Crippen molar-refractivity contribution in [3.8, 4) is 0 Å². The van der Waals surface area contributed by atoms with Crippen molar-refractivity contribution in [2.75, 3.05) is 20.3 Å². The maximum atomic E-state index is 5.14. The fourth-order valence-corrected chi connectivity index (χ4v) is 2.29. The van der Waals surface area contributed by atoms with E-state index in [9.17, 15) is 0 Å². The average molecular weight is 277 g/mol. The predicted octanol–water partition coefficient (Wildman–Crippen LogP) is 4.28. The maximum absolute atomic E-state index is 5.14. The summed E-state index contributed by atoms with van der Waals surface area (Å²) in [5.74, 6) is 0.590. The van der Waals surface area contributed by atoms with E-state index in [1.54, 1.807) is 7.11 Å². The molecule has 1 atom stereocenters. The first kappa shape index (κ1) is 17.2. The van der Waals surface area contributed by atoms with Gasteiger partial charge in [-0.1, -0.05) is 36.2 Å². The molecule has 0 aliphatic heterocycles. The van der Waals surface area contributed by atoms with Crippen molar-refractivity contribution in [3.63, 3.8) is 0 Å². The molecule has 0 heterocycles. The Bertz CT molecular complexity index is 364. The predicted molar refractivity (Wildman–Crippen MR) is 87.4 cm³/mol. The van der Waals surface area contributed by atoms with Gasteiger partial charge in [-0.3, -0.25) is 0 Å². The largest absolute Gasteiger partial charge is 0.385 e. The zero-order valence-corrected chi connectivity index (χ0v) is 13.8. The van der Waals surface area contributed by atoms with Crippen LogP contribution in [0.15, 0.2) is 24.3 Å². The lowest BCUT2D eigenvalue weighted by molar-refractivity contribution is 0.191. The lowest BCUT2D eigenvalue weighted by Gasteiger charge is -2.26.